The van der Waals surface area contributed by atoms with Crippen molar-refractivity contribution in [1.82, 2.24) is 14.8 Å². The second kappa shape index (κ2) is 8.83. The van der Waals surface area contributed by atoms with Crippen molar-refractivity contribution in [2.45, 2.75) is 45.3 Å². The van der Waals surface area contributed by atoms with Gasteiger partial charge in [0.2, 0.25) is 0 Å². The molecular weight excluding hydrogens is 407 g/mol. The number of halogens is 2. The minimum absolute atomic E-state index is 0.0542. The molecule has 0 saturated heterocycles. The molecule has 0 bridgehead atoms. The number of fused-ring (bicyclic) bond motifs is 1. The Morgan fingerprint density at radius 1 is 1.20 bits per heavy atom. The van der Waals surface area contributed by atoms with Gasteiger partial charge >= 0.3 is 0 Å². The van der Waals surface area contributed by atoms with Gasteiger partial charge in [-0.25, -0.2) is 4.39 Å². The minimum atomic E-state index is -0.764. The van der Waals surface area contributed by atoms with Gasteiger partial charge in [0.05, 0.1) is 5.02 Å². The minimum Gasteiger partial charge on any atom is -0.481 e. The summed E-state index contributed by atoms with van der Waals surface area (Å²) in [5, 5.41) is 11.3. The summed E-state index contributed by atoms with van der Waals surface area (Å²) in [7, 11) is 0. The van der Waals surface area contributed by atoms with Gasteiger partial charge < -0.3 is 14.6 Å². The number of hydrogen-bond acceptors (Lipinski definition) is 4. The fourth-order valence-electron chi connectivity index (χ4n) is 3.48. The number of carbonyl (C=O) groups is 1. The van der Waals surface area contributed by atoms with E-state index < -0.39 is 11.9 Å². The summed E-state index contributed by atoms with van der Waals surface area (Å²) >= 11 is 5.76. The van der Waals surface area contributed by atoms with E-state index in [4.69, 9.17) is 16.3 Å². The van der Waals surface area contributed by atoms with Crippen molar-refractivity contribution in [3.05, 3.63) is 59.1 Å². The van der Waals surface area contributed by atoms with Crippen LogP contribution in [0.1, 0.15) is 32.0 Å². The Kier molecular flexibility index (Phi) is 5.99. The quantitative estimate of drug-likeness (QED) is 0.629. The molecule has 156 valence electrons. The third-order valence-electron chi connectivity index (χ3n) is 5.07. The Hall–Kier alpha value is -2.93. The van der Waals surface area contributed by atoms with E-state index in [0.717, 1.165) is 43.0 Å². The first kappa shape index (κ1) is 20.3. The van der Waals surface area contributed by atoms with Gasteiger partial charge in [0.15, 0.2) is 11.9 Å². The maximum Gasteiger partial charge on any atom is 0.265 e. The topological polar surface area (TPSA) is 69.0 Å². The molecule has 4 rings (SSSR count). The summed E-state index contributed by atoms with van der Waals surface area (Å²) < 4.78 is 21.3. The smallest absolute Gasteiger partial charge is 0.265 e. The SMILES string of the molecule is C[C@@H](Oc1cccc(-c2nnc3n2CCCCC3)c1)C(=O)Nc1ccc(F)c(Cl)c1. The zero-order valence-corrected chi connectivity index (χ0v) is 17.3. The molecule has 1 N–H and O–H groups in total. The first-order chi connectivity index (χ1) is 14.5. The number of amides is 1. The van der Waals surface area contributed by atoms with Crippen LogP contribution in [0.5, 0.6) is 5.75 Å². The first-order valence-corrected chi connectivity index (χ1v) is 10.3. The second-order valence-corrected chi connectivity index (χ2v) is 7.72. The fraction of sp³-hybridized carbons (Fsp3) is 0.318. The number of carbonyl (C=O) groups excluding carboxylic acids is 1. The normalized spacial score (nSPS) is 14.5. The van der Waals surface area contributed by atoms with Crippen molar-refractivity contribution in [2.24, 2.45) is 0 Å². The Morgan fingerprint density at radius 2 is 2.07 bits per heavy atom. The number of aromatic nitrogens is 3. The number of benzene rings is 2. The van der Waals surface area contributed by atoms with Crippen molar-refractivity contribution in [3.8, 4) is 17.1 Å². The lowest BCUT2D eigenvalue weighted by Crippen LogP contribution is -2.30. The molecule has 1 aromatic heterocycles. The zero-order chi connectivity index (χ0) is 21.1. The van der Waals surface area contributed by atoms with Gasteiger partial charge in [-0.15, -0.1) is 10.2 Å². The van der Waals surface area contributed by atoms with E-state index in [1.807, 2.05) is 18.2 Å². The highest BCUT2D eigenvalue weighted by molar-refractivity contribution is 6.31. The lowest BCUT2D eigenvalue weighted by atomic mass is 10.2. The van der Waals surface area contributed by atoms with Gasteiger partial charge in [-0.2, -0.15) is 0 Å². The molecule has 0 fully saturated rings. The standard InChI is InChI=1S/C22H22ClFN4O2/c1-14(22(29)25-16-9-10-19(24)18(23)13-16)30-17-7-5-6-15(12-17)21-27-26-20-8-3-2-4-11-28(20)21/h5-7,9-10,12-14H,2-4,8,11H2,1H3,(H,25,29)/t14-/m1/s1. The molecule has 0 aliphatic carbocycles. The molecular formula is C22H22ClFN4O2. The summed E-state index contributed by atoms with van der Waals surface area (Å²) in [5.41, 5.74) is 1.30. The van der Waals surface area contributed by atoms with E-state index in [9.17, 15) is 9.18 Å². The van der Waals surface area contributed by atoms with E-state index in [-0.39, 0.29) is 10.9 Å². The van der Waals surface area contributed by atoms with Crippen molar-refractivity contribution < 1.29 is 13.9 Å². The fourth-order valence-corrected chi connectivity index (χ4v) is 3.66. The molecule has 0 radical (unpaired) electrons. The number of hydrogen-bond donors (Lipinski definition) is 1. The predicted octanol–water partition coefficient (Wildman–Crippen LogP) is 4.87. The number of anilines is 1. The van der Waals surface area contributed by atoms with Gasteiger partial charge in [-0.05, 0) is 50.1 Å². The average molecular weight is 429 g/mol. The second-order valence-electron chi connectivity index (χ2n) is 7.31. The highest BCUT2D eigenvalue weighted by Crippen LogP contribution is 2.26. The van der Waals surface area contributed by atoms with E-state index in [2.05, 4.69) is 20.1 Å². The Morgan fingerprint density at radius 3 is 2.90 bits per heavy atom. The van der Waals surface area contributed by atoms with Crippen LogP contribution in [0.15, 0.2) is 42.5 Å². The van der Waals surface area contributed by atoms with E-state index in [1.54, 1.807) is 13.0 Å². The van der Waals surface area contributed by atoms with Crippen LogP contribution in [0.3, 0.4) is 0 Å². The van der Waals surface area contributed by atoms with Crippen LogP contribution in [0.2, 0.25) is 5.02 Å². The highest BCUT2D eigenvalue weighted by Gasteiger charge is 2.18. The molecule has 2 aromatic carbocycles. The molecule has 1 aliphatic heterocycles. The molecule has 2 heterocycles. The summed E-state index contributed by atoms with van der Waals surface area (Å²) in [6.45, 7) is 2.55. The van der Waals surface area contributed by atoms with E-state index in [1.165, 1.54) is 24.6 Å². The van der Waals surface area contributed by atoms with Gasteiger partial charge in [0.1, 0.15) is 17.4 Å². The molecule has 8 heteroatoms. The predicted molar refractivity (Wildman–Crippen MR) is 113 cm³/mol. The Bertz CT molecular complexity index is 1070. The highest BCUT2D eigenvalue weighted by atomic mass is 35.5. The van der Waals surface area contributed by atoms with Gasteiger partial charge in [0.25, 0.3) is 5.91 Å². The van der Waals surface area contributed by atoms with Gasteiger partial charge in [-0.1, -0.05) is 30.2 Å². The number of ether oxygens (including phenoxy) is 1. The lowest BCUT2D eigenvalue weighted by molar-refractivity contribution is -0.122. The van der Waals surface area contributed by atoms with E-state index >= 15 is 0 Å². The summed E-state index contributed by atoms with van der Waals surface area (Å²) in [6, 6.07) is 11.5. The van der Waals surface area contributed by atoms with Crippen LogP contribution in [-0.2, 0) is 17.8 Å². The molecule has 0 unspecified atom stereocenters. The molecule has 1 atom stereocenters. The lowest BCUT2D eigenvalue weighted by Gasteiger charge is -2.16. The van der Waals surface area contributed by atoms with Crippen LogP contribution >= 0.6 is 11.6 Å². The van der Waals surface area contributed by atoms with Crippen molar-refractivity contribution >= 4 is 23.2 Å². The molecule has 30 heavy (non-hydrogen) atoms. The van der Waals surface area contributed by atoms with Crippen molar-refractivity contribution in [2.75, 3.05) is 5.32 Å². The summed E-state index contributed by atoms with van der Waals surface area (Å²) in [4.78, 5) is 12.5. The monoisotopic (exact) mass is 428 g/mol. The maximum atomic E-state index is 13.3. The Balaban J connectivity index is 1.47. The van der Waals surface area contributed by atoms with Crippen LogP contribution in [0.25, 0.3) is 11.4 Å². The largest absolute Gasteiger partial charge is 0.481 e. The molecule has 1 aliphatic rings. The zero-order valence-electron chi connectivity index (χ0n) is 16.6. The maximum absolute atomic E-state index is 13.3. The van der Waals surface area contributed by atoms with Crippen LogP contribution in [0.4, 0.5) is 10.1 Å². The number of nitrogens with zero attached hydrogens (tertiary/aromatic N) is 3. The van der Waals surface area contributed by atoms with Crippen LogP contribution < -0.4 is 10.1 Å². The molecule has 0 saturated carbocycles. The molecule has 6 nitrogen and oxygen atoms in total. The van der Waals surface area contributed by atoms with Gasteiger partial charge in [-0.3, -0.25) is 4.79 Å². The third kappa shape index (κ3) is 4.46. The molecule has 1 amide bonds. The van der Waals surface area contributed by atoms with Crippen LogP contribution in [-0.4, -0.2) is 26.8 Å². The van der Waals surface area contributed by atoms with Crippen molar-refractivity contribution in [3.63, 3.8) is 0 Å². The molecule has 3 aromatic rings. The summed E-state index contributed by atoms with van der Waals surface area (Å²) in [5.74, 6) is 1.48. The third-order valence-corrected chi connectivity index (χ3v) is 5.36. The average Bonchev–Trinajstić information content (AvgIpc) is 2.99. The van der Waals surface area contributed by atoms with Crippen LogP contribution in [0, 0.1) is 5.82 Å². The van der Waals surface area contributed by atoms with Gasteiger partial charge in [0, 0.05) is 24.2 Å². The first-order valence-electron chi connectivity index (χ1n) is 9.96. The molecule has 0 spiro atoms. The van der Waals surface area contributed by atoms with Crippen molar-refractivity contribution in [1.29, 1.82) is 0 Å². The summed E-state index contributed by atoms with van der Waals surface area (Å²) in [6.07, 6.45) is 3.61. The number of aryl methyl sites for hydroxylation is 1. The number of rotatable bonds is 5. The number of nitrogens with one attached hydrogen (secondary N) is 1. The van der Waals surface area contributed by atoms with E-state index in [0.29, 0.717) is 11.4 Å². The Labute approximate surface area is 179 Å².